The summed E-state index contributed by atoms with van der Waals surface area (Å²) in [6, 6.07) is 0. The van der Waals surface area contributed by atoms with E-state index in [1.54, 1.807) is 0 Å². The highest BCUT2D eigenvalue weighted by Gasteiger charge is 2.12. The van der Waals surface area contributed by atoms with Crippen LogP contribution in [0, 0.1) is 5.92 Å². The zero-order chi connectivity index (χ0) is 36.6. The average molecular weight is 711 g/mol. The Hall–Kier alpha value is -0.690. The third kappa shape index (κ3) is 35.7. The minimum absolute atomic E-state index is 0.0606. The molecule has 1 amide bonds. The molecule has 0 fully saturated rings. The number of aliphatic hydroxyl groups excluding tert-OH is 1. The van der Waals surface area contributed by atoms with Crippen molar-refractivity contribution in [1.82, 2.24) is 10.2 Å². The number of unbranched alkanes of at least 4 members (excludes halogenated alkanes) is 20. The van der Waals surface area contributed by atoms with Gasteiger partial charge in [0.25, 0.3) is 0 Å². The Morgan fingerprint density at radius 2 is 0.940 bits per heavy atom. The number of aliphatic hydroxyl groups is 1. The van der Waals surface area contributed by atoms with Crippen LogP contribution in [0.1, 0.15) is 220 Å². The number of carbonyl (C=O) groups excluding carboxylic acids is 1. The molecule has 0 rings (SSSR count). The van der Waals surface area contributed by atoms with E-state index in [-0.39, 0.29) is 18.8 Å². The summed E-state index contributed by atoms with van der Waals surface area (Å²) in [5.74, 6) is 0.871. The second-order valence-electron chi connectivity index (χ2n) is 15.3. The molecule has 0 saturated heterocycles. The number of hydrogen-bond donors (Lipinski definition) is 2. The normalized spacial score (nSPS) is 11.8. The van der Waals surface area contributed by atoms with Gasteiger partial charge in [0, 0.05) is 32.7 Å². The highest BCUT2D eigenvalue weighted by atomic mass is 16.7. The van der Waals surface area contributed by atoms with Crippen molar-refractivity contribution in [3.8, 4) is 0 Å². The molecule has 0 spiro atoms. The Morgan fingerprint density at radius 1 is 0.520 bits per heavy atom. The molecule has 0 aliphatic rings. The third-order valence-corrected chi connectivity index (χ3v) is 10.3. The standard InChI is InChI=1S/C44H90N2O4/c1-5-9-13-17-19-29-39-49-44(50-40-30-20-18-14-10-6-2)34-26-22-28-36-46(37-38-47)35-27-21-25-33-43(48)45-41-42(31-23-15-11-7-3)32-24-16-12-8-4/h42,44,47H,5-41H2,1-4H3,(H,45,48). The SMILES string of the molecule is CCCCCCCCOC(CCCCCN(CCO)CCCCCC(=O)NCC(CCCCCC)CCCCCC)OCCCCCCCC. The van der Waals surface area contributed by atoms with E-state index in [0.717, 1.165) is 97.2 Å². The lowest BCUT2D eigenvalue weighted by Crippen LogP contribution is -2.30. The number of nitrogens with zero attached hydrogens (tertiary/aromatic N) is 1. The Kier molecular flexibility index (Phi) is 40.5. The van der Waals surface area contributed by atoms with Crippen LogP contribution in [0.15, 0.2) is 0 Å². The smallest absolute Gasteiger partial charge is 0.220 e. The first-order valence-electron chi connectivity index (χ1n) is 22.4. The summed E-state index contributed by atoms with van der Waals surface area (Å²) < 4.78 is 12.5. The van der Waals surface area contributed by atoms with E-state index < -0.39 is 0 Å². The van der Waals surface area contributed by atoms with Crippen molar-refractivity contribution < 1.29 is 19.4 Å². The first kappa shape index (κ1) is 49.3. The predicted molar refractivity (Wildman–Crippen MR) is 217 cm³/mol. The summed E-state index contributed by atoms with van der Waals surface area (Å²) in [7, 11) is 0. The lowest BCUT2D eigenvalue weighted by molar-refractivity contribution is -0.148. The van der Waals surface area contributed by atoms with Crippen LogP contribution in [0.3, 0.4) is 0 Å². The molecular formula is C44H90N2O4. The van der Waals surface area contributed by atoms with E-state index >= 15 is 0 Å². The number of ether oxygens (including phenoxy) is 2. The molecule has 0 unspecified atom stereocenters. The van der Waals surface area contributed by atoms with E-state index in [1.165, 1.54) is 128 Å². The van der Waals surface area contributed by atoms with Crippen molar-refractivity contribution in [1.29, 1.82) is 0 Å². The Bertz CT molecular complexity index is 634. The first-order valence-corrected chi connectivity index (χ1v) is 22.4. The molecule has 0 aliphatic carbocycles. The van der Waals surface area contributed by atoms with E-state index in [0.29, 0.717) is 12.3 Å². The summed E-state index contributed by atoms with van der Waals surface area (Å²) in [6.45, 7) is 14.6. The van der Waals surface area contributed by atoms with Crippen molar-refractivity contribution >= 4 is 5.91 Å². The van der Waals surface area contributed by atoms with Crippen LogP contribution >= 0.6 is 0 Å². The summed E-state index contributed by atoms with van der Waals surface area (Å²) >= 11 is 0. The van der Waals surface area contributed by atoms with Gasteiger partial charge in [-0.25, -0.2) is 0 Å². The summed E-state index contributed by atoms with van der Waals surface area (Å²) in [5, 5.41) is 12.9. The lowest BCUT2D eigenvalue weighted by Gasteiger charge is -2.22. The van der Waals surface area contributed by atoms with Crippen LogP contribution in [0.2, 0.25) is 0 Å². The van der Waals surface area contributed by atoms with Crippen LogP contribution in [0.5, 0.6) is 0 Å². The van der Waals surface area contributed by atoms with Crippen LogP contribution < -0.4 is 5.32 Å². The molecule has 0 aromatic carbocycles. The maximum Gasteiger partial charge on any atom is 0.220 e. The van der Waals surface area contributed by atoms with Gasteiger partial charge in [-0.05, 0) is 76.8 Å². The number of rotatable bonds is 42. The molecule has 0 radical (unpaired) electrons. The average Bonchev–Trinajstić information content (AvgIpc) is 3.12. The van der Waals surface area contributed by atoms with Crippen molar-refractivity contribution in [2.24, 2.45) is 5.92 Å². The molecule has 0 aliphatic heterocycles. The Labute approximate surface area is 313 Å². The maximum atomic E-state index is 12.6. The van der Waals surface area contributed by atoms with E-state index in [1.807, 2.05) is 0 Å². The minimum Gasteiger partial charge on any atom is -0.395 e. The molecule has 0 aromatic rings. The fourth-order valence-electron chi connectivity index (χ4n) is 6.92. The van der Waals surface area contributed by atoms with Gasteiger partial charge in [-0.15, -0.1) is 0 Å². The van der Waals surface area contributed by atoms with Crippen molar-refractivity contribution in [3.05, 3.63) is 0 Å². The van der Waals surface area contributed by atoms with Crippen LogP contribution in [-0.4, -0.2) is 68.2 Å². The Balaban J connectivity index is 4.29. The maximum absolute atomic E-state index is 12.6. The first-order chi connectivity index (χ1) is 24.6. The number of hydrogen-bond acceptors (Lipinski definition) is 5. The zero-order valence-corrected chi connectivity index (χ0v) is 34.4. The predicted octanol–water partition coefficient (Wildman–Crippen LogP) is 12.2. The molecule has 0 bridgehead atoms. The van der Waals surface area contributed by atoms with E-state index in [4.69, 9.17) is 9.47 Å². The highest BCUT2D eigenvalue weighted by molar-refractivity contribution is 5.75. The second kappa shape index (κ2) is 41.1. The van der Waals surface area contributed by atoms with Gasteiger partial charge in [0.15, 0.2) is 6.29 Å². The Morgan fingerprint density at radius 3 is 1.44 bits per heavy atom. The quantitative estimate of drug-likeness (QED) is 0.0487. The zero-order valence-electron chi connectivity index (χ0n) is 34.4. The van der Waals surface area contributed by atoms with Gasteiger partial charge in [-0.1, -0.05) is 156 Å². The van der Waals surface area contributed by atoms with Crippen molar-refractivity contribution in [2.75, 3.05) is 46.0 Å². The fourth-order valence-corrected chi connectivity index (χ4v) is 6.92. The molecule has 0 atom stereocenters. The topological polar surface area (TPSA) is 71.0 Å². The van der Waals surface area contributed by atoms with Gasteiger partial charge < -0.3 is 24.8 Å². The molecule has 0 saturated carbocycles. The molecule has 0 aromatic heterocycles. The third-order valence-electron chi connectivity index (χ3n) is 10.3. The van der Waals surface area contributed by atoms with Crippen LogP contribution in [-0.2, 0) is 14.3 Å². The fraction of sp³-hybridized carbons (Fsp3) is 0.977. The monoisotopic (exact) mass is 711 g/mol. The van der Waals surface area contributed by atoms with E-state index in [9.17, 15) is 9.90 Å². The van der Waals surface area contributed by atoms with Crippen molar-refractivity contribution in [3.63, 3.8) is 0 Å². The van der Waals surface area contributed by atoms with Gasteiger partial charge in [0.2, 0.25) is 5.91 Å². The summed E-state index contributed by atoms with van der Waals surface area (Å²) in [6.07, 6.45) is 36.5. The number of carbonyl (C=O) groups is 1. The molecule has 300 valence electrons. The summed E-state index contributed by atoms with van der Waals surface area (Å²) in [4.78, 5) is 15.0. The summed E-state index contributed by atoms with van der Waals surface area (Å²) in [5.41, 5.74) is 0. The molecule has 6 heteroatoms. The van der Waals surface area contributed by atoms with Gasteiger partial charge in [0.05, 0.1) is 6.61 Å². The largest absolute Gasteiger partial charge is 0.395 e. The molecular weight excluding hydrogens is 620 g/mol. The minimum atomic E-state index is -0.0606. The molecule has 0 heterocycles. The molecule has 2 N–H and O–H groups in total. The van der Waals surface area contributed by atoms with Gasteiger partial charge in [0.1, 0.15) is 0 Å². The lowest BCUT2D eigenvalue weighted by atomic mass is 9.94. The second-order valence-corrected chi connectivity index (χ2v) is 15.3. The van der Waals surface area contributed by atoms with Crippen LogP contribution in [0.25, 0.3) is 0 Å². The molecule has 6 nitrogen and oxygen atoms in total. The number of nitrogens with one attached hydrogen (secondary N) is 1. The van der Waals surface area contributed by atoms with E-state index in [2.05, 4.69) is 37.9 Å². The van der Waals surface area contributed by atoms with Crippen molar-refractivity contribution in [2.45, 2.75) is 227 Å². The van der Waals surface area contributed by atoms with Gasteiger partial charge >= 0.3 is 0 Å². The highest BCUT2D eigenvalue weighted by Crippen LogP contribution is 2.18. The van der Waals surface area contributed by atoms with Gasteiger partial charge in [-0.2, -0.15) is 0 Å². The van der Waals surface area contributed by atoms with Crippen LogP contribution in [0.4, 0.5) is 0 Å². The number of amides is 1. The molecule has 50 heavy (non-hydrogen) atoms. The van der Waals surface area contributed by atoms with Gasteiger partial charge in [-0.3, -0.25) is 4.79 Å².